The maximum atomic E-state index is 12.4. The minimum absolute atomic E-state index is 0.0664. The van der Waals surface area contributed by atoms with Crippen LogP contribution in [0.4, 0.5) is 5.69 Å². The number of hydrogen-bond donors (Lipinski definition) is 2. The molecule has 2 aromatic rings. The normalized spacial score (nSPS) is 16.3. The summed E-state index contributed by atoms with van der Waals surface area (Å²) >= 11 is 0. The number of rotatable bonds is 4. The highest BCUT2D eigenvalue weighted by molar-refractivity contribution is 6.00. The molecular formula is C15H15N3O4. The van der Waals surface area contributed by atoms with E-state index in [0.717, 1.165) is 0 Å². The highest BCUT2D eigenvalue weighted by Crippen LogP contribution is 2.29. The van der Waals surface area contributed by atoms with Crippen LogP contribution in [-0.2, 0) is 0 Å². The number of likely N-dealkylation sites (tertiary alicyclic amines) is 1. The quantitative estimate of drug-likeness (QED) is 0.511. The molecular weight excluding hydrogens is 286 g/mol. The first-order valence-corrected chi connectivity index (χ1v) is 6.82. The Morgan fingerprint density at radius 2 is 2.27 bits per heavy atom. The number of fused-ring (bicyclic) bond motifs is 1. The van der Waals surface area contributed by atoms with Gasteiger partial charge in [0.1, 0.15) is 16.8 Å². The average Bonchev–Trinajstić information content (AvgIpc) is 2.87. The number of H-pyrrole nitrogens is 1. The van der Waals surface area contributed by atoms with Crippen molar-refractivity contribution in [1.82, 2.24) is 9.88 Å². The van der Waals surface area contributed by atoms with Crippen LogP contribution in [0.15, 0.2) is 36.9 Å². The van der Waals surface area contributed by atoms with Gasteiger partial charge in [-0.3, -0.25) is 14.9 Å². The predicted octanol–water partition coefficient (Wildman–Crippen LogP) is 1.84. The molecule has 3 rings (SSSR count). The fraction of sp³-hybridized carbons (Fsp3) is 0.267. The number of para-hydroxylation sites is 1. The molecule has 7 heteroatoms. The van der Waals surface area contributed by atoms with Gasteiger partial charge in [0.25, 0.3) is 11.6 Å². The second-order valence-electron chi connectivity index (χ2n) is 5.56. The van der Waals surface area contributed by atoms with Crippen molar-refractivity contribution in [3.63, 3.8) is 0 Å². The lowest BCUT2D eigenvalue weighted by molar-refractivity contribution is -0.383. The molecule has 7 nitrogen and oxygen atoms in total. The summed E-state index contributed by atoms with van der Waals surface area (Å²) in [6.07, 6.45) is 2.04. The Labute approximate surface area is 126 Å². The predicted molar refractivity (Wildman–Crippen MR) is 80.6 cm³/mol. The van der Waals surface area contributed by atoms with Crippen molar-refractivity contribution >= 4 is 22.5 Å². The molecule has 2 N–H and O–H groups in total. The summed E-state index contributed by atoms with van der Waals surface area (Å²) < 4.78 is 0. The fourth-order valence-corrected chi connectivity index (χ4v) is 2.78. The van der Waals surface area contributed by atoms with Crippen molar-refractivity contribution in [2.45, 2.75) is 12.0 Å². The summed E-state index contributed by atoms with van der Waals surface area (Å²) in [6.45, 7) is 4.04. The third-order valence-electron chi connectivity index (χ3n) is 3.84. The topological polar surface area (TPSA) is 99.5 Å². The molecule has 0 unspecified atom stereocenters. The molecule has 114 valence electrons. The number of non-ortho nitro benzene ring substituents is 1. The number of aliphatic hydroxyl groups is 1. The summed E-state index contributed by atoms with van der Waals surface area (Å²) in [5.41, 5.74) is -0.360. The first kappa shape index (κ1) is 14.3. The molecule has 22 heavy (non-hydrogen) atoms. The van der Waals surface area contributed by atoms with E-state index in [0.29, 0.717) is 17.3 Å². The van der Waals surface area contributed by atoms with Gasteiger partial charge in [-0.05, 0) is 12.5 Å². The van der Waals surface area contributed by atoms with E-state index in [-0.39, 0.29) is 30.4 Å². The van der Waals surface area contributed by atoms with E-state index in [4.69, 9.17) is 0 Å². The van der Waals surface area contributed by atoms with Crippen molar-refractivity contribution in [2.24, 2.45) is 0 Å². The molecule has 1 amide bonds. The molecule has 0 spiro atoms. The summed E-state index contributed by atoms with van der Waals surface area (Å²) in [5, 5.41) is 21.7. The van der Waals surface area contributed by atoms with E-state index in [1.807, 2.05) is 0 Å². The number of nitrogens with zero attached hydrogens (tertiary/aromatic N) is 2. The third-order valence-corrected chi connectivity index (χ3v) is 3.84. The SMILES string of the molecule is C=CCC1(O)CN(C(=O)c2cc3cccc([N+](=O)[O-])c3[nH]2)C1. The van der Waals surface area contributed by atoms with Crippen LogP contribution in [0, 0.1) is 10.1 Å². The first-order valence-electron chi connectivity index (χ1n) is 6.82. The zero-order valence-corrected chi connectivity index (χ0v) is 11.8. The van der Waals surface area contributed by atoms with Crippen molar-refractivity contribution in [3.8, 4) is 0 Å². The van der Waals surface area contributed by atoms with Crippen LogP contribution in [0.1, 0.15) is 16.9 Å². The summed E-state index contributed by atoms with van der Waals surface area (Å²) in [4.78, 5) is 27.2. The standard InChI is InChI=1S/C15H15N3O4/c1-2-6-15(20)8-17(9-15)14(19)11-7-10-4-3-5-12(18(21)22)13(10)16-11/h2-5,7,16,20H,1,6,8-9H2. The molecule has 1 fully saturated rings. The number of aromatic amines is 1. The van der Waals surface area contributed by atoms with Crippen molar-refractivity contribution in [2.75, 3.05) is 13.1 Å². The minimum atomic E-state index is -0.907. The van der Waals surface area contributed by atoms with E-state index in [9.17, 15) is 20.0 Å². The summed E-state index contributed by atoms with van der Waals surface area (Å²) in [6, 6.07) is 6.27. The lowest BCUT2D eigenvalue weighted by Gasteiger charge is -2.45. The van der Waals surface area contributed by atoms with Gasteiger partial charge in [-0.1, -0.05) is 18.2 Å². The first-order chi connectivity index (χ1) is 10.4. The Kier molecular flexibility index (Phi) is 3.22. The number of nitro groups is 1. The molecule has 1 aromatic carbocycles. The number of carbonyl (C=O) groups excluding carboxylic acids is 1. The highest BCUT2D eigenvalue weighted by atomic mass is 16.6. The summed E-state index contributed by atoms with van der Waals surface area (Å²) in [5.74, 6) is -0.278. The van der Waals surface area contributed by atoms with Crippen LogP contribution in [-0.4, -0.2) is 44.5 Å². The number of carbonyl (C=O) groups is 1. The van der Waals surface area contributed by atoms with Gasteiger partial charge < -0.3 is 15.0 Å². The Morgan fingerprint density at radius 3 is 2.91 bits per heavy atom. The zero-order valence-electron chi connectivity index (χ0n) is 11.8. The van der Waals surface area contributed by atoms with Gasteiger partial charge in [0.15, 0.2) is 0 Å². The number of amides is 1. The lowest BCUT2D eigenvalue weighted by atomic mass is 9.90. The molecule has 0 aliphatic carbocycles. The highest BCUT2D eigenvalue weighted by Gasteiger charge is 2.43. The van der Waals surface area contributed by atoms with Gasteiger partial charge in [-0.2, -0.15) is 0 Å². The van der Waals surface area contributed by atoms with Gasteiger partial charge in [-0.15, -0.1) is 6.58 Å². The lowest BCUT2D eigenvalue weighted by Crippen LogP contribution is -2.63. The maximum absolute atomic E-state index is 12.4. The van der Waals surface area contributed by atoms with Crippen LogP contribution in [0.5, 0.6) is 0 Å². The van der Waals surface area contributed by atoms with E-state index in [1.54, 1.807) is 24.3 Å². The maximum Gasteiger partial charge on any atom is 0.293 e. The van der Waals surface area contributed by atoms with E-state index in [2.05, 4.69) is 11.6 Å². The number of hydrogen-bond acceptors (Lipinski definition) is 4. The van der Waals surface area contributed by atoms with E-state index in [1.165, 1.54) is 11.0 Å². The van der Waals surface area contributed by atoms with E-state index < -0.39 is 10.5 Å². The number of nitrogens with one attached hydrogen (secondary N) is 1. The van der Waals surface area contributed by atoms with Crippen LogP contribution in [0.2, 0.25) is 0 Å². The second-order valence-corrected chi connectivity index (χ2v) is 5.56. The second kappa shape index (κ2) is 4.96. The van der Waals surface area contributed by atoms with Gasteiger partial charge in [0.05, 0.1) is 18.0 Å². The molecule has 1 saturated heterocycles. The van der Waals surface area contributed by atoms with Crippen molar-refractivity contribution in [1.29, 1.82) is 0 Å². The number of β-amino-alcohol motifs (C(OH)–C–C–N with tert-alkyl or cyclic N) is 1. The zero-order chi connectivity index (χ0) is 15.9. The van der Waals surface area contributed by atoms with Crippen LogP contribution in [0.25, 0.3) is 10.9 Å². The van der Waals surface area contributed by atoms with Crippen LogP contribution >= 0.6 is 0 Å². The summed E-state index contributed by atoms with van der Waals surface area (Å²) in [7, 11) is 0. The van der Waals surface area contributed by atoms with E-state index >= 15 is 0 Å². The molecule has 0 bridgehead atoms. The fourth-order valence-electron chi connectivity index (χ4n) is 2.78. The minimum Gasteiger partial charge on any atom is -0.386 e. The van der Waals surface area contributed by atoms with Crippen LogP contribution < -0.4 is 0 Å². The third kappa shape index (κ3) is 2.25. The van der Waals surface area contributed by atoms with Crippen molar-refractivity contribution < 1.29 is 14.8 Å². The number of nitro benzene ring substituents is 1. The molecule has 2 heterocycles. The number of aromatic nitrogens is 1. The van der Waals surface area contributed by atoms with Crippen LogP contribution in [0.3, 0.4) is 0 Å². The smallest absolute Gasteiger partial charge is 0.293 e. The largest absolute Gasteiger partial charge is 0.386 e. The van der Waals surface area contributed by atoms with Gasteiger partial charge in [0.2, 0.25) is 0 Å². The molecule has 0 saturated carbocycles. The molecule has 0 atom stereocenters. The van der Waals surface area contributed by atoms with Gasteiger partial charge >= 0.3 is 0 Å². The Morgan fingerprint density at radius 1 is 1.55 bits per heavy atom. The monoisotopic (exact) mass is 301 g/mol. The Balaban J connectivity index is 1.86. The average molecular weight is 301 g/mol. The molecule has 1 aliphatic rings. The van der Waals surface area contributed by atoms with Gasteiger partial charge in [-0.25, -0.2) is 0 Å². The molecule has 0 radical (unpaired) electrons. The number of benzene rings is 1. The molecule has 1 aliphatic heterocycles. The van der Waals surface area contributed by atoms with Crippen molar-refractivity contribution in [3.05, 3.63) is 52.7 Å². The van der Waals surface area contributed by atoms with Gasteiger partial charge in [0, 0.05) is 11.5 Å². The Hall–Kier alpha value is -2.67. The molecule has 1 aromatic heterocycles. The Bertz CT molecular complexity index is 774.